The van der Waals surface area contributed by atoms with Crippen molar-refractivity contribution in [2.75, 3.05) is 25.1 Å². The summed E-state index contributed by atoms with van der Waals surface area (Å²) in [7, 11) is 1.56. The first-order valence-electron chi connectivity index (χ1n) is 10.5. The van der Waals surface area contributed by atoms with Gasteiger partial charge in [-0.05, 0) is 60.9 Å². The van der Waals surface area contributed by atoms with E-state index in [1.54, 1.807) is 42.5 Å². The van der Waals surface area contributed by atoms with Crippen LogP contribution in [0, 0.1) is 5.82 Å². The lowest BCUT2D eigenvalue weighted by atomic mass is 10.00. The molecule has 1 aliphatic rings. The second-order valence-corrected chi connectivity index (χ2v) is 7.72. The molecule has 1 saturated heterocycles. The van der Waals surface area contributed by atoms with Crippen molar-refractivity contribution in [2.45, 2.75) is 25.4 Å². The number of rotatable bonds is 6. The van der Waals surface area contributed by atoms with Crippen molar-refractivity contribution in [1.29, 1.82) is 0 Å². The number of piperidine rings is 1. The summed E-state index contributed by atoms with van der Waals surface area (Å²) in [5.74, 6) is 0.0862. The molecule has 4 rings (SSSR count). The number of hydrogen-bond acceptors (Lipinski definition) is 4. The summed E-state index contributed by atoms with van der Waals surface area (Å²) in [4.78, 5) is 22.0. The molecule has 1 aliphatic heterocycles. The average Bonchev–Trinajstić information content (AvgIpc) is 2.82. The Morgan fingerprint density at radius 2 is 1.84 bits per heavy atom. The lowest BCUT2D eigenvalue weighted by Gasteiger charge is -2.38. The lowest BCUT2D eigenvalue weighted by Crippen LogP contribution is -2.47. The first-order valence-corrected chi connectivity index (χ1v) is 10.5. The third kappa shape index (κ3) is 4.91. The molecule has 2 aromatic carbocycles. The van der Waals surface area contributed by atoms with E-state index in [4.69, 9.17) is 4.74 Å². The average molecular weight is 420 g/mol. The van der Waals surface area contributed by atoms with Crippen molar-refractivity contribution in [1.82, 2.24) is 9.88 Å². The fourth-order valence-electron chi connectivity index (χ4n) is 4.13. The minimum absolute atomic E-state index is 0.0213. The maximum absolute atomic E-state index is 13.6. The maximum atomic E-state index is 13.6. The summed E-state index contributed by atoms with van der Waals surface area (Å²) in [5, 5.41) is 0. The first kappa shape index (κ1) is 21.0. The molecule has 31 heavy (non-hydrogen) atoms. The lowest BCUT2D eigenvalue weighted by molar-refractivity contribution is 0.0955. The van der Waals surface area contributed by atoms with Gasteiger partial charge in [0.05, 0.1) is 12.7 Å². The highest BCUT2D eigenvalue weighted by atomic mass is 19.1. The van der Waals surface area contributed by atoms with Gasteiger partial charge < -0.3 is 9.64 Å². The minimum Gasteiger partial charge on any atom is -0.496 e. The summed E-state index contributed by atoms with van der Waals surface area (Å²) in [6.07, 6.45) is 5.33. The molecule has 0 radical (unpaired) electrons. The molecule has 5 nitrogen and oxygen atoms in total. The highest BCUT2D eigenvalue weighted by Gasteiger charge is 2.31. The van der Waals surface area contributed by atoms with Crippen LogP contribution in [0.2, 0.25) is 0 Å². The summed E-state index contributed by atoms with van der Waals surface area (Å²) in [6, 6.07) is 17.4. The third-order valence-electron chi connectivity index (χ3n) is 5.71. The number of benzene rings is 2. The third-order valence-corrected chi connectivity index (χ3v) is 5.71. The van der Waals surface area contributed by atoms with Crippen molar-refractivity contribution in [2.24, 2.45) is 0 Å². The predicted molar refractivity (Wildman–Crippen MR) is 119 cm³/mol. The van der Waals surface area contributed by atoms with E-state index < -0.39 is 0 Å². The van der Waals surface area contributed by atoms with Gasteiger partial charge in [-0.2, -0.15) is 0 Å². The van der Waals surface area contributed by atoms with Crippen LogP contribution in [0.1, 0.15) is 28.8 Å². The van der Waals surface area contributed by atoms with Gasteiger partial charge in [0.15, 0.2) is 0 Å². The monoisotopic (exact) mass is 419 g/mol. The Labute approximate surface area is 182 Å². The van der Waals surface area contributed by atoms with Gasteiger partial charge in [0.25, 0.3) is 5.91 Å². The van der Waals surface area contributed by atoms with E-state index in [0.717, 1.165) is 32.5 Å². The van der Waals surface area contributed by atoms with Gasteiger partial charge >= 0.3 is 0 Å². The molecule has 6 heteroatoms. The van der Waals surface area contributed by atoms with Crippen molar-refractivity contribution in [3.05, 3.63) is 90.0 Å². The van der Waals surface area contributed by atoms with Crippen LogP contribution in [0.15, 0.2) is 73.1 Å². The number of carbonyl (C=O) groups excluding carboxylic acids is 1. The Hall–Kier alpha value is -3.25. The number of carbonyl (C=O) groups is 1. The zero-order valence-electron chi connectivity index (χ0n) is 17.6. The Morgan fingerprint density at radius 3 is 2.52 bits per heavy atom. The van der Waals surface area contributed by atoms with Gasteiger partial charge in [0, 0.05) is 43.8 Å². The van der Waals surface area contributed by atoms with E-state index >= 15 is 0 Å². The number of likely N-dealkylation sites (tertiary alicyclic amines) is 1. The molecule has 1 amide bonds. The van der Waals surface area contributed by atoms with E-state index in [-0.39, 0.29) is 17.8 Å². The van der Waals surface area contributed by atoms with E-state index in [1.807, 2.05) is 24.4 Å². The smallest absolute Gasteiger partial charge is 0.262 e. The summed E-state index contributed by atoms with van der Waals surface area (Å²) >= 11 is 0. The summed E-state index contributed by atoms with van der Waals surface area (Å²) in [6.45, 7) is 2.59. The zero-order chi connectivity index (χ0) is 21.6. The Bertz CT molecular complexity index is 1000. The quantitative estimate of drug-likeness (QED) is 0.589. The maximum Gasteiger partial charge on any atom is 0.262 e. The van der Waals surface area contributed by atoms with Gasteiger partial charge in [-0.25, -0.2) is 4.39 Å². The van der Waals surface area contributed by atoms with Crippen LogP contribution < -0.4 is 9.64 Å². The molecule has 3 aromatic rings. The van der Waals surface area contributed by atoms with Crippen LogP contribution in [-0.4, -0.2) is 42.0 Å². The number of methoxy groups -OCH3 is 1. The molecular weight excluding hydrogens is 393 g/mol. The predicted octanol–water partition coefficient (Wildman–Crippen LogP) is 4.54. The standard InChI is InChI=1S/C25H26FN3O2/c1-31-24-7-3-2-6-23(24)25(30)29(21-10-8-20(26)9-11-21)22-12-15-28(16-13-22)18-19-5-4-14-27-17-19/h2-11,14,17,22H,12-13,15-16,18H2,1H3. The first-order chi connectivity index (χ1) is 15.2. The fourth-order valence-corrected chi connectivity index (χ4v) is 4.13. The number of anilines is 1. The van der Waals surface area contributed by atoms with Crippen molar-refractivity contribution in [3.63, 3.8) is 0 Å². The van der Waals surface area contributed by atoms with Crippen LogP contribution in [0.4, 0.5) is 10.1 Å². The van der Waals surface area contributed by atoms with Crippen LogP contribution in [-0.2, 0) is 6.54 Å². The molecule has 0 unspecified atom stereocenters. The topological polar surface area (TPSA) is 45.7 Å². The number of hydrogen-bond donors (Lipinski definition) is 0. The molecule has 1 aromatic heterocycles. The number of halogens is 1. The normalized spacial score (nSPS) is 14.9. The van der Waals surface area contributed by atoms with Gasteiger partial charge in [0.1, 0.15) is 11.6 Å². The molecule has 0 bridgehead atoms. The molecular formula is C25H26FN3O2. The Morgan fingerprint density at radius 1 is 1.10 bits per heavy atom. The highest BCUT2D eigenvalue weighted by molar-refractivity contribution is 6.08. The van der Waals surface area contributed by atoms with Crippen LogP contribution in [0.5, 0.6) is 5.75 Å². The molecule has 0 N–H and O–H groups in total. The largest absolute Gasteiger partial charge is 0.496 e. The zero-order valence-corrected chi connectivity index (χ0v) is 17.6. The number of ether oxygens (including phenoxy) is 1. The second-order valence-electron chi connectivity index (χ2n) is 7.72. The molecule has 0 atom stereocenters. The fraction of sp³-hybridized carbons (Fsp3) is 0.280. The van der Waals surface area contributed by atoms with Gasteiger partial charge in [-0.1, -0.05) is 18.2 Å². The molecule has 1 fully saturated rings. The van der Waals surface area contributed by atoms with Crippen LogP contribution in [0.3, 0.4) is 0 Å². The van der Waals surface area contributed by atoms with Gasteiger partial charge in [0.2, 0.25) is 0 Å². The van der Waals surface area contributed by atoms with Gasteiger partial charge in [-0.3, -0.25) is 14.7 Å². The van der Waals surface area contributed by atoms with E-state index in [9.17, 15) is 9.18 Å². The van der Waals surface area contributed by atoms with E-state index in [1.165, 1.54) is 17.7 Å². The summed E-state index contributed by atoms with van der Waals surface area (Å²) < 4.78 is 19.0. The number of amides is 1. The van der Waals surface area contributed by atoms with Crippen molar-refractivity contribution >= 4 is 11.6 Å². The SMILES string of the molecule is COc1ccccc1C(=O)N(c1ccc(F)cc1)C1CCN(Cc2cccnc2)CC1. The Balaban J connectivity index is 1.55. The highest BCUT2D eigenvalue weighted by Crippen LogP contribution is 2.29. The Kier molecular flexibility index (Phi) is 6.57. The van der Waals surface area contributed by atoms with E-state index in [0.29, 0.717) is 17.0 Å². The summed E-state index contributed by atoms with van der Waals surface area (Å²) in [5.41, 5.74) is 2.39. The van der Waals surface area contributed by atoms with Crippen LogP contribution in [0.25, 0.3) is 0 Å². The number of aromatic nitrogens is 1. The van der Waals surface area contributed by atoms with Gasteiger partial charge in [-0.15, -0.1) is 0 Å². The van der Waals surface area contributed by atoms with E-state index in [2.05, 4.69) is 16.0 Å². The molecule has 0 aliphatic carbocycles. The molecule has 0 saturated carbocycles. The minimum atomic E-state index is -0.320. The second kappa shape index (κ2) is 9.71. The van der Waals surface area contributed by atoms with Crippen molar-refractivity contribution < 1.29 is 13.9 Å². The number of pyridine rings is 1. The van der Waals surface area contributed by atoms with Crippen molar-refractivity contribution in [3.8, 4) is 5.75 Å². The molecule has 160 valence electrons. The number of para-hydroxylation sites is 1. The molecule has 2 heterocycles. The molecule has 0 spiro atoms. The van der Waals surface area contributed by atoms with Crippen LogP contribution >= 0.6 is 0 Å². The number of nitrogens with zero attached hydrogens (tertiary/aromatic N) is 3.